The summed E-state index contributed by atoms with van der Waals surface area (Å²) in [5.41, 5.74) is 2.13. The highest BCUT2D eigenvalue weighted by Gasteiger charge is 2.09. The number of hydrogen-bond acceptors (Lipinski definition) is 5. The van der Waals surface area contributed by atoms with Gasteiger partial charge in [0.1, 0.15) is 17.5 Å². The largest absolute Gasteiger partial charge is 0.370 e. The molecule has 5 heteroatoms. The SMILES string of the molecule is CCCNc1nc(C)nc(Nc2ccsc2)c1C. The normalized spacial score (nSPS) is 10.4. The van der Waals surface area contributed by atoms with Crippen LogP contribution >= 0.6 is 11.3 Å². The highest BCUT2D eigenvalue weighted by atomic mass is 32.1. The van der Waals surface area contributed by atoms with Gasteiger partial charge >= 0.3 is 0 Å². The number of thiophene rings is 1. The minimum Gasteiger partial charge on any atom is -0.370 e. The molecular formula is C13H18N4S. The predicted molar refractivity (Wildman–Crippen MR) is 77.9 cm³/mol. The Bertz CT molecular complexity index is 508. The van der Waals surface area contributed by atoms with Gasteiger partial charge in [0.05, 0.1) is 5.69 Å². The Balaban J connectivity index is 2.26. The lowest BCUT2D eigenvalue weighted by Gasteiger charge is -2.13. The standard InChI is InChI=1S/C13H18N4S/c1-4-6-14-12-9(2)13(16-10(3)15-12)17-11-5-7-18-8-11/h5,7-8H,4,6H2,1-3H3,(H2,14,15,16,17). The highest BCUT2D eigenvalue weighted by molar-refractivity contribution is 7.08. The molecule has 0 unspecified atom stereocenters. The average molecular weight is 262 g/mol. The van der Waals surface area contributed by atoms with E-state index in [0.29, 0.717) is 0 Å². The van der Waals surface area contributed by atoms with Crippen molar-refractivity contribution >= 4 is 28.7 Å². The first-order valence-electron chi connectivity index (χ1n) is 6.09. The van der Waals surface area contributed by atoms with Crippen LogP contribution in [0.3, 0.4) is 0 Å². The number of nitrogens with zero attached hydrogens (tertiary/aromatic N) is 2. The molecule has 0 saturated carbocycles. The van der Waals surface area contributed by atoms with Crippen molar-refractivity contribution in [3.63, 3.8) is 0 Å². The lowest BCUT2D eigenvalue weighted by Crippen LogP contribution is -2.08. The van der Waals surface area contributed by atoms with Crippen LogP contribution in [0.15, 0.2) is 16.8 Å². The van der Waals surface area contributed by atoms with Crippen LogP contribution in [-0.4, -0.2) is 16.5 Å². The quantitative estimate of drug-likeness (QED) is 0.862. The molecule has 2 N–H and O–H groups in total. The van der Waals surface area contributed by atoms with Crippen molar-refractivity contribution in [1.82, 2.24) is 9.97 Å². The van der Waals surface area contributed by atoms with Gasteiger partial charge < -0.3 is 10.6 Å². The Kier molecular flexibility index (Phi) is 4.15. The number of nitrogens with one attached hydrogen (secondary N) is 2. The minimum atomic E-state index is 0.775. The molecule has 0 bridgehead atoms. The third-order valence-corrected chi connectivity index (χ3v) is 3.27. The second-order valence-electron chi connectivity index (χ2n) is 4.16. The molecule has 2 aromatic rings. The molecule has 18 heavy (non-hydrogen) atoms. The van der Waals surface area contributed by atoms with Gasteiger partial charge in [0, 0.05) is 17.5 Å². The zero-order valence-electron chi connectivity index (χ0n) is 10.9. The van der Waals surface area contributed by atoms with Crippen molar-refractivity contribution in [2.45, 2.75) is 27.2 Å². The van der Waals surface area contributed by atoms with Gasteiger partial charge in [0.15, 0.2) is 0 Å². The van der Waals surface area contributed by atoms with Crippen molar-refractivity contribution in [2.24, 2.45) is 0 Å². The molecule has 2 aromatic heterocycles. The molecule has 0 aromatic carbocycles. The van der Waals surface area contributed by atoms with E-state index in [4.69, 9.17) is 0 Å². The molecule has 4 nitrogen and oxygen atoms in total. The van der Waals surface area contributed by atoms with Gasteiger partial charge in [0.2, 0.25) is 0 Å². The van der Waals surface area contributed by atoms with E-state index in [-0.39, 0.29) is 0 Å². The maximum Gasteiger partial charge on any atom is 0.139 e. The number of anilines is 3. The highest BCUT2D eigenvalue weighted by Crippen LogP contribution is 2.24. The fourth-order valence-electron chi connectivity index (χ4n) is 1.64. The van der Waals surface area contributed by atoms with Crippen molar-refractivity contribution in [3.8, 4) is 0 Å². The lowest BCUT2D eigenvalue weighted by atomic mass is 10.3. The summed E-state index contributed by atoms with van der Waals surface area (Å²) in [7, 11) is 0. The van der Waals surface area contributed by atoms with Crippen LogP contribution in [-0.2, 0) is 0 Å². The van der Waals surface area contributed by atoms with E-state index in [1.54, 1.807) is 11.3 Å². The Morgan fingerprint density at radius 3 is 2.67 bits per heavy atom. The molecule has 96 valence electrons. The molecule has 0 aliphatic rings. The number of aryl methyl sites for hydroxylation is 1. The maximum atomic E-state index is 4.46. The fraction of sp³-hybridized carbons (Fsp3) is 0.385. The summed E-state index contributed by atoms with van der Waals surface area (Å²) in [6.07, 6.45) is 1.08. The van der Waals surface area contributed by atoms with Crippen LogP contribution in [0.25, 0.3) is 0 Å². The number of aromatic nitrogens is 2. The zero-order chi connectivity index (χ0) is 13.0. The Labute approximate surface area is 111 Å². The summed E-state index contributed by atoms with van der Waals surface area (Å²) < 4.78 is 0. The monoisotopic (exact) mass is 262 g/mol. The van der Waals surface area contributed by atoms with Gasteiger partial charge in [-0.15, -0.1) is 0 Å². The molecule has 0 aliphatic carbocycles. The van der Waals surface area contributed by atoms with Gasteiger partial charge in [-0.05, 0) is 31.7 Å². The average Bonchev–Trinajstić information content (AvgIpc) is 2.84. The van der Waals surface area contributed by atoms with E-state index in [9.17, 15) is 0 Å². The summed E-state index contributed by atoms with van der Waals surface area (Å²) >= 11 is 1.67. The van der Waals surface area contributed by atoms with Crippen LogP contribution < -0.4 is 10.6 Å². The Morgan fingerprint density at radius 1 is 1.22 bits per heavy atom. The summed E-state index contributed by atoms with van der Waals surface area (Å²) in [6.45, 7) is 7.01. The first-order valence-corrected chi connectivity index (χ1v) is 7.03. The first kappa shape index (κ1) is 12.8. The molecule has 0 atom stereocenters. The molecule has 2 heterocycles. The predicted octanol–water partition coefficient (Wildman–Crippen LogP) is 3.72. The molecule has 0 spiro atoms. The second kappa shape index (κ2) is 5.82. The minimum absolute atomic E-state index is 0.775. The van der Waals surface area contributed by atoms with E-state index in [1.807, 2.05) is 25.3 Å². The third-order valence-electron chi connectivity index (χ3n) is 2.58. The van der Waals surface area contributed by atoms with Gasteiger partial charge in [0.25, 0.3) is 0 Å². The van der Waals surface area contributed by atoms with Crippen LogP contribution in [0, 0.1) is 13.8 Å². The van der Waals surface area contributed by atoms with Gasteiger partial charge in [-0.3, -0.25) is 0 Å². The summed E-state index contributed by atoms with van der Waals surface area (Å²) in [6, 6.07) is 2.04. The van der Waals surface area contributed by atoms with Crippen molar-refractivity contribution in [2.75, 3.05) is 17.2 Å². The zero-order valence-corrected chi connectivity index (χ0v) is 11.8. The van der Waals surface area contributed by atoms with E-state index >= 15 is 0 Å². The smallest absolute Gasteiger partial charge is 0.139 e. The van der Waals surface area contributed by atoms with Crippen molar-refractivity contribution < 1.29 is 0 Å². The van der Waals surface area contributed by atoms with Crippen LogP contribution in [0.4, 0.5) is 17.3 Å². The van der Waals surface area contributed by atoms with Crippen LogP contribution in [0.2, 0.25) is 0 Å². The van der Waals surface area contributed by atoms with E-state index < -0.39 is 0 Å². The second-order valence-corrected chi connectivity index (χ2v) is 4.94. The van der Waals surface area contributed by atoms with Crippen molar-refractivity contribution in [3.05, 3.63) is 28.2 Å². The summed E-state index contributed by atoms with van der Waals surface area (Å²) in [4.78, 5) is 8.90. The summed E-state index contributed by atoms with van der Waals surface area (Å²) in [5.74, 6) is 2.57. The first-order chi connectivity index (χ1) is 8.70. The molecule has 0 saturated heterocycles. The van der Waals surface area contributed by atoms with E-state index in [0.717, 1.165) is 41.7 Å². The van der Waals surface area contributed by atoms with Gasteiger partial charge in [-0.2, -0.15) is 11.3 Å². The summed E-state index contributed by atoms with van der Waals surface area (Å²) in [5, 5.41) is 10.8. The molecule has 0 aliphatic heterocycles. The molecule has 0 radical (unpaired) electrons. The van der Waals surface area contributed by atoms with Crippen LogP contribution in [0.5, 0.6) is 0 Å². The van der Waals surface area contributed by atoms with Gasteiger partial charge in [-0.1, -0.05) is 6.92 Å². The molecule has 0 fully saturated rings. The maximum absolute atomic E-state index is 4.46. The molecule has 0 amide bonds. The molecular weight excluding hydrogens is 244 g/mol. The topological polar surface area (TPSA) is 49.8 Å². The molecule has 2 rings (SSSR count). The Hall–Kier alpha value is -1.62. The Morgan fingerprint density at radius 2 is 2.00 bits per heavy atom. The number of rotatable bonds is 5. The third kappa shape index (κ3) is 2.98. The van der Waals surface area contributed by atoms with Crippen molar-refractivity contribution in [1.29, 1.82) is 0 Å². The van der Waals surface area contributed by atoms with Crippen LogP contribution in [0.1, 0.15) is 24.7 Å². The fourth-order valence-corrected chi connectivity index (χ4v) is 2.23. The lowest BCUT2D eigenvalue weighted by molar-refractivity contribution is 0.948. The van der Waals surface area contributed by atoms with E-state index in [2.05, 4.69) is 32.9 Å². The van der Waals surface area contributed by atoms with Gasteiger partial charge in [-0.25, -0.2) is 9.97 Å². The van der Waals surface area contributed by atoms with E-state index in [1.165, 1.54) is 0 Å². The number of hydrogen-bond donors (Lipinski definition) is 2.